The number of methoxy groups -OCH3 is 1. The highest BCUT2D eigenvalue weighted by Gasteiger charge is 2.43. The maximum atomic E-state index is 11.9. The van der Waals surface area contributed by atoms with Crippen LogP contribution in [0, 0.1) is 6.92 Å². The summed E-state index contributed by atoms with van der Waals surface area (Å²) in [5.41, 5.74) is 5.89. The maximum absolute atomic E-state index is 11.9. The van der Waals surface area contributed by atoms with Crippen LogP contribution in [-0.2, 0) is 16.1 Å². The zero-order valence-corrected chi connectivity index (χ0v) is 25.8. The Hall–Kier alpha value is -2.91. The van der Waals surface area contributed by atoms with Crippen LogP contribution in [0.2, 0.25) is 10.0 Å². The number of fused-ring (bicyclic) bond motifs is 2. The first-order valence-electron chi connectivity index (χ1n) is 14.4. The molecule has 3 fully saturated rings. The topological polar surface area (TPSA) is 77.7 Å². The van der Waals surface area contributed by atoms with Crippen LogP contribution in [0.4, 0.5) is 5.13 Å². The first-order valence-corrected chi connectivity index (χ1v) is 16.0. The molecule has 1 saturated carbocycles. The van der Waals surface area contributed by atoms with Gasteiger partial charge in [-0.25, -0.2) is 9.78 Å². The Kier molecular flexibility index (Phi) is 7.51. The standard InChI is InChI=1S/C32H31Cl2N3O4S/c1-17-12-19(31(38)39-2)8-11-23(17)27-16-42-32(35-27)37-20-9-10-21(37)14-22(13-20)40-15-24-29(36-41-30(24)18-6-7-18)28-25(33)4-3-5-26(28)34/h3-5,8,11-12,16,18,20-22H,6-7,9-10,13-15H2,1-2H3/t20-,21+,22-. The van der Waals surface area contributed by atoms with Gasteiger partial charge >= 0.3 is 5.97 Å². The van der Waals surface area contributed by atoms with E-state index in [0.717, 1.165) is 71.8 Å². The molecule has 3 atom stereocenters. The molecule has 4 heterocycles. The van der Waals surface area contributed by atoms with Gasteiger partial charge in [0.15, 0.2) is 5.13 Å². The van der Waals surface area contributed by atoms with Crippen molar-refractivity contribution in [3.63, 3.8) is 0 Å². The second-order valence-corrected chi connectivity index (χ2v) is 13.1. The average molecular weight is 625 g/mol. The summed E-state index contributed by atoms with van der Waals surface area (Å²) in [6.07, 6.45) is 6.51. The van der Waals surface area contributed by atoms with E-state index in [9.17, 15) is 4.79 Å². The number of benzene rings is 2. The van der Waals surface area contributed by atoms with E-state index in [2.05, 4.69) is 15.4 Å². The minimum atomic E-state index is -0.332. The number of aryl methyl sites for hydroxylation is 1. The molecule has 3 aliphatic rings. The summed E-state index contributed by atoms with van der Waals surface area (Å²) in [7, 11) is 1.40. The summed E-state index contributed by atoms with van der Waals surface area (Å²) in [5.74, 6) is 0.970. The predicted molar refractivity (Wildman–Crippen MR) is 165 cm³/mol. The second kappa shape index (κ2) is 11.3. The van der Waals surface area contributed by atoms with E-state index in [0.29, 0.717) is 51.5 Å². The Morgan fingerprint density at radius 2 is 1.83 bits per heavy atom. The molecule has 2 aromatic carbocycles. The van der Waals surface area contributed by atoms with Gasteiger partial charge in [-0.1, -0.05) is 40.5 Å². The smallest absolute Gasteiger partial charge is 0.337 e. The van der Waals surface area contributed by atoms with Crippen LogP contribution >= 0.6 is 34.5 Å². The number of ether oxygens (including phenoxy) is 2. The summed E-state index contributed by atoms with van der Waals surface area (Å²) >= 11 is 14.8. The normalized spacial score (nSPS) is 21.6. The van der Waals surface area contributed by atoms with Gasteiger partial charge in [0, 0.05) is 40.1 Å². The van der Waals surface area contributed by atoms with Gasteiger partial charge in [-0.2, -0.15) is 0 Å². The van der Waals surface area contributed by atoms with Gasteiger partial charge in [-0.15, -0.1) is 11.3 Å². The third-order valence-corrected chi connectivity index (χ3v) is 10.2. The Labute approximate surface area is 258 Å². The number of nitrogens with zero attached hydrogens (tertiary/aromatic N) is 3. The molecule has 0 spiro atoms. The molecule has 2 bridgehead atoms. The zero-order chi connectivity index (χ0) is 29.0. The summed E-state index contributed by atoms with van der Waals surface area (Å²) in [6, 6.07) is 11.9. The molecule has 2 aliphatic heterocycles. The van der Waals surface area contributed by atoms with Crippen LogP contribution in [0.5, 0.6) is 0 Å². The quantitative estimate of drug-likeness (QED) is 0.182. The Morgan fingerprint density at radius 3 is 2.50 bits per heavy atom. The number of esters is 1. The number of hydrogen-bond acceptors (Lipinski definition) is 8. The minimum absolute atomic E-state index is 0.141. The molecular formula is C32H31Cl2N3O4S. The van der Waals surface area contributed by atoms with Gasteiger partial charge in [0.25, 0.3) is 0 Å². The van der Waals surface area contributed by atoms with Crippen LogP contribution < -0.4 is 4.90 Å². The van der Waals surface area contributed by atoms with E-state index in [1.54, 1.807) is 17.4 Å². The van der Waals surface area contributed by atoms with Crippen LogP contribution in [-0.4, -0.2) is 41.4 Å². The predicted octanol–water partition coefficient (Wildman–Crippen LogP) is 8.46. The molecular weight excluding hydrogens is 593 g/mol. The molecule has 0 unspecified atom stereocenters. The molecule has 0 N–H and O–H groups in total. The van der Waals surface area contributed by atoms with Gasteiger partial charge < -0.3 is 18.9 Å². The van der Waals surface area contributed by atoms with Crippen molar-refractivity contribution in [1.29, 1.82) is 0 Å². The SMILES string of the molecule is COC(=O)c1ccc(-c2csc(N3[C@@H]4CC[C@H]3C[C@H](OCc3c(-c5c(Cl)cccc5Cl)noc3C3CC3)C4)n2)c(C)c1. The highest BCUT2D eigenvalue weighted by atomic mass is 35.5. The van der Waals surface area contributed by atoms with Crippen molar-refractivity contribution in [2.45, 2.75) is 76.2 Å². The van der Waals surface area contributed by atoms with Crippen molar-refractivity contribution in [2.24, 2.45) is 0 Å². The number of halogens is 2. The Morgan fingerprint density at radius 1 is 1.10 bits per heavy atom. The van der Waals surface area contributed by atoms with Gasteiger partial charge in [0.1, 0.15) is 11.5 Å². The highest BCUT2D eigenvalue weighted by molar-refractivity contribution is 7.14. The third kappa shape index (κ3) is 5.12. The van der Waals surface area contributed by atoms with Gasteiger partial charge in [-0.3, -0.25) is 0 Å². The number of carbonyl (C=O) groups excluding carboxylic acids is 1. The number of anilines is 1. The molecule has 0 amide bonds. The molecule has 7 rings (SSSR count). The molecule has 1 aliphatic carbocycles. The molecule has 218 valence electrons. The highest BCUT2D eigenvalue weighted by Crippen LogP contribution is 2.47. The number of aromatic nitrogens is 2. The van der Waals surface area contributed by atoms with Crippen LogP contribution in [0.3, 0.4) is 0 Å². The van der Waals surface area contributed by atoms with Gasteiger partial charge in [0.05, 0.1) is 41.1 Å². The Bertz CT molecular complexity index is 1610. The zero-order valence-electron chi connectivity index (χ0n) is 23.4. The van der Waals surface area contributed by atoms with Crippen LogP contribution in [0.15, 0.2) is 46.3 Å². The first-order chi connectivity index (χ1) is 20.4. The lowest BCUT2D eigenvalue weighted by molar-refractivity contribution is 0.0147. The lowest BCUT2D eigenvalue weighted by Gasteiger charge is -2.38. The monoisotopic (exact) mass is 623 g/mol. The van der Waals surface area contributed by atoms with Crippen molar-refractivity contribution in [3.8, 4) is 22.5 Å². The van der Waals surface area contributed by atoms with Crippen LogP contribution in [0.25, 0.3) is 22.5 Å². The molecule has 42 heavy (non-hydrogen) atoms. The van der Waals surface area contributed by atoms with Crippen LogP contribution in [0.1, 0.15) is 71.7 Å². The average Bonchev–Trinajstić information content (AvgIpc) is 3.46. The minimum Gasteiger partial charge on any atom is -0.465 e. The first kappa shape index (κ1) is 27.9. The number of thiazole rings is 1. The van der Waals surface area contributed by atoms with Crippen molar-refractivity contribution < 1.29 is 18.8 Å². The fraction of sp³-hybridized carbons (Fsp3) is 0.406. The molecule has 10 heteroatoms. The fourth-order valence-corrected chi connectivity index (χ4v) is 8.07. The largest absolute Gasteiger partial charge is 0.465 e. The van der Waals surface area contributed by atoms with Crippen molar-refractivity contribution in [3.05, 3.63) is 74.3 Å². The van der Waals surface area contributed by atoms with Gasteiger partial charge in [-0.05, 0) is 75.3 Å². The fourth-order valence-electron chi connectivity index (χ4n) is 6.53. The molecule has 4 aromatic rings. The molecule has 2 aromatic heterocycles. The molecule has 2 saturated heterocycles. The van der Waals surface area contributed by atoms with Crippen molar-refractivity contribution in [2.75, 3.05) is 12.0 Å². The third-order valence-electron chi connectivity index (χ3n) is 8.76. The summed E-state index contributed by atoms with van der Waals surface area (Å²) in [6.45, 7) is 2.43. The summed E-state index contributed by atoms with van der Waals surface area (Å²) in [4.78, 5) is 19.5. The molecule has 0 radical (unpaired) electrons. The summed E-state index contributed by atoms with van der Waals surface area (Å²) < 4.78 is 17.3. The Balaban J connectivity index is 1.06. The van der Waals surface area contributed by atoms with E-state index in [-0.39, 0.29) is 12.1 Å². The van der Waals surface area contributed by atoms with E-state index in [4.69, 9.17) is 42.2 Å². The number of hydrogen-bond donors (Lipinski definition) is 0. The van der Waals surface area contributed by atoms with E-state index >= 15 is 0 Å². The lowest BCUT2D eigenvalue weighted by Crippen LogP contribution is -2.45. The lowest BCUT2D eigenvalue weighted by atomic mass is 10.00. The number of rotatable bonds is 8. The van der Waals surface area contributed by atoms with E-state index in [1.807, 2.05) is 37.3 Å². The second-order valence-electron chi connectivity index (χ2n) is 11.5. The van der Waals surface area contributed by atoms with Gasteiger partial charge in [0.2, 0.25) is 0 Å². The number of carbonyl (C=O) groups is 1. The maximum Gasteiger partial charge on any atom is 0.337 e. The van der Waals surface area contributed by atoms with Crippen molar-refractivity contribution in [1.82, 2.24) is 10.1 Å². The summed E-state index contributed by atoms with van der Waals surface area (Å²) in [5, 5.41) is 8.70. The van der Waals surface area contributed by atoms with Crippen molar-refractivity contribution >= 4 is 45.6 Å². The molecule has 7 nitrogen and oxygen atoms in total. The number of piperidine rings is 1. The van der Waals surface area contributed by atoms with E-state index < -0.39 is 0 Å². The van der Waals surface area contributed by atoms with E-state index in [1.165, 1.54) is 7.11 Å².